The van der Waals surface area contributed by atoms with Gasteiger partial charge >= 0.3 is 0 Å². The molecule has 0 bridgehead atoms. The minimum Gasteiger partial charge on any atom is -0.497 e. The van der Waals surface area contributed by atoms with Crippen LogP contribution in [0.3, 0.4) is 0 Å². The van der Waals surface area contributed by atoms with Gasteiger partial charge in [0.1, 0.15) is 19.3 Å². The summed E-state index contributed by atoms with van der Waals surface area (Å²) in [6.45, 7) is 1.46. The maximum Gasteiger partial charge on any atom is 0.163 e. The standard InChI is InChI=1S/C13H17BO4/c1-13(14,16)5-4-12(15)9-6-10(17-2)8-11(7-9)18-3/h6-8,16H,4-5H2,1-3H3. The Hall–Kier alpha value is -1.49. The first kappa shape index (κ1) is 14.6. The highest BCUT2D eigenvalue weighted by atomic mass is 16.5. The molecule has 0 saturated carbocycles. The molecule has 1 aromatic carbocycles. The lowest BCUT2D eigenvalue weighted by atomic mass is 9.79. The van der Waals surface area contributed by atoms with Gasteiger partial charge in [0, 0.05) is 23.6 Å². The molecular weight excluding hydrogens is 231 g/mol. The fourth-order valence-corrected chi connectivity index (χ4v) is 1.48. The Morgan fingerprint density at radius 2 is 1.78 bits per heavy atom. The molecule has 1 rings (SSSR count). The Balaban J connectivity index is 2.84. The molecule has 0 aliphatic carbocycles. The highest BCUT2D eigenvalue weighted by Gasteiger charge is 2.16. The lowest BCUT2D eigenvalue weighted by Crippen LogP contribution is -2.24. The topological polar surface area (TPSA) is 55.8 Å². The van der Waals surface area contributed by atoms with Crippen LogP contribution >= 0.6 is 0 Å². The van der Waals surface area contributed by atoms with Crippen molar-refractivity contribution in [2.45, 2.75) is 25.3 Å². The van der Waals surface area contributed by atoms with E-state index in [1.54, 1.807) is 18.2 Å². The van der Waals surface area contributed by atoms with Gasteiger partial charge in [-0.1, -0.05) is 0 Å². The van der Waals surface area contributed by atoms with Crippen LogP contribution in [-0.4, -0.2) is 38.5 Å². The molecule has 0 aromatic heterocycles. The zero-order valence-corrected chi connectivity index (χ0v) is 10.9. The van der Waals surface area contributed by atoms with Gasteiger partial charge in [-0.15, -0.1) is 0 Å². The second-order valence-electron chi connectivity index (χ2n) is 4.38. The summed E-state index contributed by atoms with van der Waals surface area (Å²) in [5, 5.41) is 9.39. The SMILES string of the molecule is [B]C(C)(O)CCC(=O)c1cc(OC)cc(OC)c1. The van der Waals surface area contributed by atoms with Crippen molar-refractivity contribution in [3.63, 3.8) is 0 Å². The predicted octanol–water partition coefficient (Wildman–Crippen LogP) is 1.54. The Labute approximate surface area is 108 Å². The largest absolute Gasteiger partial charge is 0.497 e. The van der Waals surface area contributed by atoms with E-state index in [-0.39, 0.29) is 18.6 Å². The summed E-state index contributed by atoms with van der Waals surface area (Å²) in [5.74, 6) is 0.993. The first-order valence-electron chi connectivity index (χ1n) is 5.63. The molecule has 0 spiro atoms. The predicted molar refractivity (Wildman–Crippen MR) is 69.5 cm³/mol. The van der Waals surface area contributed by atoms with Crippen molar-refractivity contribution in [3.05, 3.63) is 23.8 Å². The van der Waals surface area contributed by atoms with Crippen molar-refractivity contribution in [1.82, 2.24) is 0 Å². The number of ether oxygens (including phenoxy) is 2. The van der Waals surface area contributed by atoms with Crippen LogP contribution in [0, 0.1) is 0 Å². The molecule has 1 aromatic rings. The minimum atomic E-state index is -1.33. The number of hydrogen-bond donors (Lipinski definition) is 1. The molecule has 2 radical (unpaired) electrons. The van der Waals surface area contributed by atoms with Crippen LogP contribution in [0.4, 0.5) is 0 Å². The number of carbonyl (C=O) groups is 1. The van der Waals surface area contributed by atoms with Gasteiger partial charge in [0.05, 0.1) is 14.2 Å². The molecule has 0 amide bonds. The maximum atomic E-state index is 11.9. The Morgan fingerprint density at radius 3 is 2.17 bits per heavy atom. The lowest BCUT2D eigenvalue weighted by Gasteiger charge is -2.16. The zero-order chi connectivity index (χ0) is 13.8. The smallest absolute Gasteiger partial charge is 0.163 e. The fourth-order valence-electron chi connectivity index (χ4n) is 1.48. The molecule has 1 atom stereocenters. The molecule has 5 heteroatoms. The summed E-state index contributed by atoms with van der Waals surface area (Å²) in [6.07, 6.45) is 0.366. The molecule has 0 fully saturated rings. The van der Waals surface area contributed by atoms with Gasteiger partial charge < -0.3 is 14.6 Å². The summed E-state index contributed by atoms with van der Waals surface area (Å²) in [5.41, 5.74) is -0.853. The second kappa shape index (κ2) is 5.91. The number of Topliss-reactive ketones (excluding diaryl/α,β-unsaturated/α-hetero) is 1. The van der Waals surface area contributed by atoms with E-state index in [0.29, 0.717) is 17.1 Å². The number of methoxy groups -OCH3 is 2. The lowest BCUT2D eigenvalue weighted by molar-refractivity contribution is 0.0912. The Kier molecular flexibility index (Phi) is 4.79. The molecule has 0 saturated heterocycles. The van der Waals surface area contributed by atoms with Crippen molar-refractivity contribution in [2.75, 3.05) is 14.2 Å². The van der Waals surface area contributed by atoms with E-state index in [2.05, 4.69) is 0 Å². The van der Waals surface area contributed by atoms with Crippen LogP contribution in [0.5, 0.6) is 11.5 Å². The molecule has 1 unspecified atom stereocenters. The van der Waals surface area contributed by atoms with Gasteiger partial charge in [-0.05, 0) is 25.5 Å². The van der Waals surface area contributed by atoms with E-state index in [0.717, 1.165) is 0 Å². The van der Waals surface area contributed by atoms with Gasteiger partial charge in [-0.25, -0.2) is 0 Å². The summed E-state index contributed by atoms with van der Waals surface area (Å²) in [6, 6.07) is 4.96. The Morgan fingerprint density at radius 1 is 1.28 bits per heavy atom. The molecule has 4 nitrogen and oxygen atoms in total. The minimum absolute atomic E-state index is 0.113. The van der Waals surface area contributed by atoms with Crippen molar-refractivity contribution >= 4 is 13.6 Å². The molecule has 18 heavy (non-hydrogen) atoms. The van der Waals surface area contributed by atoms with Crippen LogP contribution in [0.25, 0.3) is 0 Å². The summed E-state index contributed by atoms with van der Waals surface area (Å²) in [4.78, 5) is 11.9. The van der Waals surface area contributed by atoms with Crippen molar-refractivity contribution in [1.29, 1.82) is 0 Å². The third-order valence-corrected chi connectivity index (χ3v) is 2.53. The maximum absolute atomic E-state index is 11.9. The van der Waals surface area contributed by atoms with Gasteiger partial charge in [0.15, 0.2) is 5.78 Å². The number of benzene rings is 1. The first-order chi connectivity index (χ1) is 8.35. The average molecular weight is 248 g/mol. The van der Waals surface area contributed by atoms with Crippen molar-refractivity contribution in [3.8, 4) is 11.5 Å². The number of ketones is 1. The van der Waals surface area contributed by atoms with Crippen LogP contribution in [0.1, 0.15) is 30.1 Å². The van der Waals surface area contributed by atoms with Crippen LogP contribution in [0.15, 0.2) is 18.2 Å². The summed E-state index contributed by atoms with van der Waals surface area (Å²) >= 11 is 0. The number of carbonyl (C=O) groups excluding carboxylic acids is 1. The molecule has 0 aliphatic heterocycles. The van der Waals surface area contributed by atoms with Crippen LogP contribution in [-0.2, 0) is 0 Å². The molecule has 96 valence electrons. The van der Waals surface area contributed by atoms with Crippen molar-refractivity contribution in [2.24, 2.45) is 0 Å². The van der Waals surface area contributed by atoms with Gasteiger partial charge in [-0.3, -0.25) is 4.79 Å². The van der Waals surface area contributed by atoms with E-state index in [1.807, 2.05) is 0 Å². The van der Waals surface area contributed by atoms with Gasteiger partial charge in [-0.2, -0.15) is 0 Å². The molecule has 0 heterocycles. The molecule has 0 aliphatic rings. The normalized spacial score (nSPS) is 13.8. The number of hydrogen-bond acceptors (Lipinski definition) is 4. The zero-order valence-electron chi connectivity index (χ0n) is 10.9. The fraction of sp³-hybridized carbons (Fsp3) is 0.462. The average Bonchev–Trinajstić information content (AvgIpc) is 2.34. The van der Waals surface area contributed by atoms with E-state index in [9.17, 15) is 9.90 Å². The highest BCUT2D eigenvalue weighted by molar-refractivity contribution is 6.14. The molecule has 1 N–H and O–H groups in total. The Bertz CT molecular complexity index is 401. The third kappa shape index (κ3) is 4.41. The van der Waals surface area contributed by atoms with E-state index >= 15 is 0 Å². The van der Waals surface area contributed by atoms with Crippen LogP contribution in [0.2, 0.25) is 0 Å². The van der Waals surface area contributed by atoms with Gasteiger partial charge in [0.2, 0.25) is 0 Å². The molecular formula is C13H17BO4. The summed E-state index contributed by atoms with van der Waals surface area (Å²) < 4.78 is 10.2. The number of rotatable bonds is 6. The quantitative estimate of drug-likeness (QED) is 0.612. The second-order valence-corrected chi connectivity index (χ2v) is 4.38. The van der Waals surface area contributed by atoms with Gasteiger partial charge in [0.25, 0.3) is 0 Å². The van der Waals surface area contributed by atoms with Crippen LogP contribution < -0.4 is 9.47 Å². The first-order valence-corrected chi connectivity index (χ1v) is 5.63. The monoisotopic (exact) mass is 248 g/mol. The van der Waals surface area contributed by atoms with Crippen molar-refractivity contribution < 1.29 is 19.4 Å². The highest BCUT2D eigenvalue weighted by Crippen LogP contribution is 2.24. The third-order valence-electron chi connectivity index (χ3n) is 2.53. The number of aliphatic hydroxyl groups is 1. The van der Waals surface area contributed by atoms with E-state index in [4.69, 9.17) is 17.3 Å². The summed E-state index contributed by atoms with van der Waals surface area (Å²) in [7, 11) is 8.47. The van der Waals surface area contributed by atoms with E-state index in [1.165, 1.54) is 21.1 Å². The van der Waals surface area contributed by atoms with E-state index < -0.39 is 5.50 Å².